The van der Waals surface area contributed by atoms with Crippen molar-refractivity contribution >= 4 is 36.3 Å². The molecule has 0 bridgehead atoms. The minimum absolute atomic E-state index is 0.259. The van der Waals surface area contributed by atoms with Gasteiger partial charge in [-0.15, -0.1) is 0 Å². The average Bonchev–Trinajstić information content (AvgIpc) is 1.61. The molecule has 0 aliphatic heterocycles. The van der Waals surface area contributed by atoms with Gasteiger partial charge in [0.05, 0.1) is 4.43 Å². The van der Waals surface area contributed by atoms with Gasteiger partial charge in [0, 0.05) is 0 Å². The standard InChI is InChI=1S/C2H4INO.H3O4P/c3-1-2(4)5;1-5(2,3)4/h1H2,(H2,4,5);(H3,1,2,3,4). The molecule has 1 amide bonds. The molecule has 0 saturated carbocycles. The molecule has 0 aliphatic carbocycles. The van der Waals surface area contributed by atoms with E-state index in [1.54, 1.807) is 0 Å². The van der Waals surface area contributed by atoms with Gasteiger partial charge in [-0.25, -0.2) is 4.57 Å². The third kappa shape index (κ3) is 83.2. The third-order valence-corrected chi connectivity index (χ3v) is 0.884. The van der Waals surface area contributed by atoms with Crippen molar-refractivity contribution in [3.05, 3.63) is 0 Å². The Kier molecular flexibility index (Phi) is 7.83. The molecule has 62 valence electrons. The summed E-state index contributed by atoms with van der Waals surface area (Å²) in [6, 6.07) is 0. The number of carbonyl (C=O) groups is 1. The van der Waals surface area contributed by atoms with Crippen molar-refractivity contribution in [3.63, 3.8) is 0 Å². The monoisotopic (exact) mass is 283 g/mol. The predicted molar refractivity (Wildman–Crippen MR) is 42.3 cm³/mol. The first kappa shape index (κ1) is 12.9. The van der Waals surface area contributed by atoms with E-state index in [1.165, 1.54) is 0 Å². The zero-order chi connectivity index (χ0) is 8.78. The minimum Gasteiger partial charge on any atom is -0.369 e. The largest absolute Gasteiger partial charge is 0.466 e. The summed E-state index contributed by atoms with van der Waals surface area (Å²) in [7, 11) is -4.64. The fourth-order valence-corrected chi connectivity index (χ4v) is 0. The van der Waals surface area contributed by atoms with E-state index in [9.17, 15) is 4.79 Å². The zero-order valence-corrected chi connectivity index (χ0v) is 7.82. The lowest BCUT2D eigenvalue weighted by atomic mass is 10.8. The Labute approximate surface area is 70.8 Å². The van der Waals surface area contributed by atoms with E-state index in [0.717, 1.165) is 0 Å². The topological polar surface area (TPSA) is 121 Å². The highest BCUT2D eigenvalue weighted by Gasteiger charge is 2.00. The van der Waals surface area contributed by atoms with E-state index in [-0.39, 0.29) is 5.91 Å². The second-order valence-corrected chi connectivity index (χ2v) is 2.90. The van der Waals surface area contributed by atoms with Gasteiger partial charge in [-0.1, -0.05) is 22.6 Å². The van der Waals surface area contributed by atoms with E-state index in [4.69, 9.17) is 19.2 Å². The molecule has 0 aromatic carbocycles. The molecule has 0 heterocycles. The van der Waals surface area contributed by atoms with Crippen molar-refractivity contribution < 1.29 is 24.0 Å². The van der Waals surface area contributed by atoms with Crippen LogP contribution in [-0.4, -0.2) is 25.0 Å². The number of carbonyl (C=O) groups excluding carboxylic acids is 1. The Bertz CT molecular complexity index is 134. The molecular formula is C2H7INO5P. The van der Waals surface area contributed by atoms with Crippen LogP contribution in [0.25, 0.3) is 0 Å². The van der Waals surface area contributed by atoms with Crippen LogP contribution in [-0.2, 0) is 9.36 Å². The summed E-state index contributed by atoms with van der Waals surface area (Å²) in [6.45, 7) is 0. The zero-order valence-electron chi connectivity index (χ0n) is 4.77. The highest BCUT2D eigenvalue weighted by Crippen LogP contribution is 2.25. The molecule has 0 atom stereocenters. The van der Waals surface area contributed by atoms with Crippen LogP contribution in [0.2, 0.25) is 0 Å². The molecule has 0 aromatic heterocycles. The Morgan fingerprint density at radius 2 is 1.60 bits per heavy atom. The van der Waals surface area contributed by atoms with Crippen molar-refractivity contribution in [1.29, 1.82) is 0 Å². The highest BCUT2D eigenvalue weighted by molar-refractivity contribution is 14.1. The number of hydrogen-bond acceptors (Lipinski definition) is 2. The number of hydrogen-bond donors (Lipinski definition) is 4. The molecule has 0 fully saturated rings. The predicted octanol–water partition coefficient (Wildman–Crippen LogP) is -1.02. The summed E-state index contributed by atoms with van der Waals surface area (Å²) in [5.74, 6) is -0.259. The number of halogens is 1. The number of phosphoric acid groups is 1. The molecule has 0 rings (SSSR count). The third-order valence-electron chi connectivity index (χ3n) is 0.132. The molecule has 5 N–H and O–H groups in total. The maximum atomic E-state index is 9.58. The van der Waals surface area contributed by atoms with Gasteiger partial charge in [0.1, 0.15) is 0 Å². The maximum absolute atomic E-state index is 9.58. The molecule has 8 heteroatoms. The van der Waals surface area contributed by atoms with E-state index in [0.29, 0.717) is 4.43 Å². The van der Waals surface area contributed by atoms with Crippen LogP contribution >= 0.6 is 30.4 Å². The molecule has 6 nitrogen and oxygen atoms in total. The lowest BCUT2D eigenvalue weighted by Crippen LogP contribution is -2.10. The Hall–Kier alpha value is 0.310. The average molecular weight is 283 g/mol. The summed E-state index contributed by atoms with van der Waals surface area (Å²) in [5, 5.41) is 0. The van der Waals surface area contributed by atoms with Crippen LogP contribution in [0.4, 0.5) is 0 Å². The van der Waals surface area contributed by atoms with Gasteiger partial charge in [0.25, 0.3) is 0 Å². The van der Waals surface area contributed by atoms with E-state index in [1.807, 2.05) is 22.6 Å². The Morgan fingerprint density at radius 3 is 1.60 bits per heavy atom. The first-order valence-electron chi connectivity index (χ1n) is 1.90. The van der Waals surface area contributed by atoms with Gasteiger partial charge in [0.15, 0.2) is 0 Å². The normalized spacial score (nSPS) is 9.60. The van der Waals surface area contributed by atoms with Crippen molar-refractivity contribution in [2.24, 2.45) is 5.73 Å². The molecule has 0 unspecified atom stereocenters. The quantitative estimate of drug-likeness (QED) is 0.279. The van der Waals surface area contributed by atoms with Crippen molar-refractivity contribution in [3.8, 4) is 0 Å². The summed E-state index contributed by atoms with van der Waals surface area (Å²) >= 11 is 1.90. The molecule has 0 spiro atoms. The number of nitrogens with two attached hydrogens (primary N) is 1. The smallest absolute Gasteiger partial charge is 0.369 e. The lowest BCUT2D eigenvalue weighted by molar-refractivity contribution is -0.115. The Morgan fingerprint density at radius 1 is 1.50 bits per heavy atom. The molecular weight excluding hydrogens is 276 g/mol. The van der Waals surface area contributed by atoms with Crippen molar-refractivity contribution in [2.75, 3.05) is 4.43 Å². The fourth-order valence-electron chi connectivity index (χ4n) is 0. The lowest BCUT2D eigenvalue weighted by Gasteiger charge is -1.82. The Balaban J connectivity index is 0. The van der Waals surface area contributed by atoms with Gasteiger partial charge in [-0.2, -0.15) is 0 Å². The van der Waals surface area contributed by atoms with Gasteiger partial charge in [-0.3, -0.25) is 4.79 Å². The highest BCUT2D eigenvalue weighted by atomic mass is 127. The van der Waals surface area contributed by atoms with Crippen molar-refractivity contribution in [1.82, 2.24) is 0 Å². The van der Waals surface area contributed by atoms with Crippen LogP contribution in [0, 0.1) is 0 Å². The number of amides is 1. The van der Waals surface area contributed by atoms with Gasteiger partial charge >= 0.3 is 7.82 Å². The first-order chi connectivity index (χ1) is 4.27. The number of alkyl halides is 1. The second-order valence-electron chi connectivity index (χ2n) is 1.11. The van der Waals surface area contributed by atoms with Crippen LogP contribution in [0.15, 0.2) is 0 Å². The van der Waals surface area contributed by atoms with Gasteiger partial charge < -0.3 is 20.4 Å². The van der Waals surface area contributed by atoms with Gasteiger partial charge in [-0.05, 0) is 0 Å². The fraction of sp³-hybridized carbons (Fsp3) is 0.500. The molecule has 0 aromatic rings. The van der Waals surface area contributed by atoms with Crippen LogP contribution in [0.1, 0.15) is 0 Å². The maximum Gasteiger partial charge on any atom is 0.466 e. The van der Waals surface area contributed by atoms with Crippen molar-refractivity contribution in [2.45, 2.75) is 0 Å². The summed E-state index contributed by atoms with van der Waals surface area (Å²) in [4.78, 5) is 31.1. The molecule has 10 heavy (non-hydrogen) atoms. The summed E-state index contributed by atoms with van der Waals surface area (Å²) < 4.78 is 9.30. The summed E-state index contributed by atoms with van der Waals surface area (Å²) in [6.07, 6.45) is 0. The number of primary amides is 1. The second kappa shape index (κ2) is 6.05. The summed E-state index contributed by atoms with van der Waals surface area (Å²) in [5.41, 5.74) is 4.65. The van der Waals surface area contributed by atoms with E-state index < -0.39 is 7.82 Å². The van der Waals surface area contributed by atoms with E-state index in [2.05, 4.69) is 5.73 Å². The first-order valence-corrected chi connectivity index (χ1v) is 4.99. The van der Waals surface area contributed by atoms with Gasteiger partial charge in [0.2, 0.25) is 5.91 Å². The van der Waals surface area contributed by atoms with Crippen LogP contribution in [0.3, 0.4) is 0 Å². The number of rotatable bonds is 1. The molecule has 0 saturated heterocycles. The SMILES string of the molecule is NC(=O)CI.O=P(O)(O)O. The van der Waals surface area contributed by atoms with Crippen LogP contribution < -0.4 is 5.73 Å². The van der Waals surface area contributed by atoms with Crippen LogP contribution in [0.5, 0.6) is 0 Å². The molecule has 0 aliphatic rings. The molecule has 0 radical (unpaired) electrons. The minimum atomic E-state index is -4.64. The van der Waals surface area contributed by atoms with E-state index >= 15 is 0 Å².